The molecule has 164 valence electrons. The van der Waals surface area contributed by atoms with Crippen LogP contribution in [-0.2, 0) is 14.3 Å². The second-order valence-electron chi connectivity index (χ2n) is 7.08. The molecule has 0 unspecified atom stereocenters. The molecule has 31 heavy (non-hydrogen) atoms. The molecule has 1 aliphatic heterocycles. The predicted molar refractivity (Wildman–Crippen MR) is 130 cm³/mol. The lowest BCUT2D eigenvalue weighted by atomic mass is 10.0. The number of nitrogens with zero attached hydrogens (tertiary/aromatic N) is 1. The maximum atomic E-state index is 13.0. The number of ether oxygens (including phenoxy) is 2. The van der Waals surface area contributed by atoms with Crippen molar-refractivity contribution in [1.29, 1.82) is 0 Å². The van der Waals surface area contributed by atoms with Crippen molar-refractivity contribution in [3.8, 4) is 5.75 Å². The van der Waals surface area contributed by atoms with Gasteiger partial charge in [-0.1, -0.05) is 60.7 Å². The Balaban J connectivity index is 1.71. The minimum Gasteiger partial charge on any atom is -0.493 e. The molecule has 2 aromatic carbocycles. The lowest BCUT2D eigenvalue weighted by molar-refractivity contribution is -0.143. The molecule has 0 spiro atoms. The van der Waals surface area contributed by atoms with E-state index in [1.807, 2.05) is 49.4 Å². The van der Waals surface area contributed by atoms with E-state index in [0.29, 0.717) is 35.4 Å². The monoisotopic (exact) mass is 457 g/mol. The van der Waals surface area contributed by atoms with Crippen LogP contribution in [-0.4, -0.2) is 40.9 Å². The lowest BCUT2D eigenvalue weighted by Crippen LogP contribution is -2.29. The molecule has 1 aliphatic rings. The van der Waals surface area contributed by atoms with Crippen LogP contribution in [0.2, 0.25) is 0 Å². The highest BCUT2D eigenvalue weighted by molar-refractivity contribution is 8.26. The molecule has 0 aromatic heterocycles. The maximum absolute atomic E-state index is 13.0. The lowest BCUT2D eigenvalue weighted by Gasteiger charge is -2.14. The van der Waals surface area contributed by atoms with E-state index in [0.717, 1.165) is 41.3 Å². The summed E-state index contributed by atoms with van der Waals surface area (Å²) in [7, 11) is 0. The summed E-state index contributed by atoms with van der Waals surface area (Å²) in [4.78, 5) is 26.7. The van der Waals surface area contributed by atoms with E-state index >= 15 is 0 Å². The molecular weight excluding hydrogens is 430 g/mol. The fraction of sp³-hybridized carbons (Fsp3) is 0.375. The maximum Gasteiger partial charge on any atom is 0.305 e. The van der Waals surface area contributed by atoms with Crippen molar-refractivity contribution in [2.75, 3.05) is 19.8 Å². The number of hydrogen-bond acceptors (Lipinski definition) is 6. The first kappa shape index (κ1) is 23.3. The van der Waals surface area contributed by atoms with Crippen LogP contribution in [0.1, 0.15) is 45.1 Å². The Labute approximate surface area is 192 Å². The Kier molecular flexibility index (Phi) is 8.49. The zero-order chi connectivity index (χ0) is 22.2. The SMILES string of the molecule is CCOC(=O)CCCCCN1C(=O)/C(=C\c2c(OCC)ccc3ccccc23)SC1=S. The number of hydrogen-bond donors (Lipinski definition) is 0. The number of amides is 1. The first-order valence-corrected chi connectivity index (χ1v) is 11.8. The van der Waals surface area contributed by atoms with Crippen LogP contribution < -0.4 is 4.74 Å². The zero-order valence-electron chi connectivity index (χ0n) is 17.9. The molecular formula is C24H27NO4S2. The van der Waals surface area contributed by atoms with Crippen molar-refractivity contribution in [3.05, 3.63) is 46.9 Å². The highest BCUT2D eigenvalue weighted by Gasteiger charge is 2.31. The first-order chi connectivity index (χ1) is 15.0. The van der Waals surface area contributed by atoms with Crippen molar-refractivity contribution < 1.29 is 19.1 Å². The molecule has 2 aromatic rings. The van der Waals surface area contributed by atoms with E-state index in [4.69, 9.17) is 21.7 Å². The van der Waals surface area contributed by atoms with Crippen LogP contribution in [0.25, 0.3) is 16.8 Å². The molecule has 1 heterocycles. The van der Waals surface area contributed by atoms with E-state index in [1.165, 1.54) is 11.8 Å². The molecule has 0 aliphatic carbocycles. The first-order valence-electron chi connectivity index (χ1n) is 10.6. The second kappa shape index (κ2) is 11.3. The Hall–Kier alpha value is -2.38. The van der Waals surface area contributed by atoms with Gasteiger partial charge in [-0.25, -0.2) is 0 Å². The van der Waals surface area contributed by atoms with Crippen molar-refractivity contribution >= 4 is 57.0 Å². The molecule has 1 fully saturated rings. The molecule has 0 N–H and O–H groups in total. The molecule has 0 saturated carbocycles. The third-order valence-corrected chi connectivity index (χ3v) is 6.33. The number of esters is 1. The largest absolute Gasteiger partial charge is 0.493 e. The Morgan fingerprint density at radius 2 is 1.90 bits per heavy atom. The Bertz CT molecular complexity index is 1000. The van der Waals surface area contributed by atoms with E-state index in [2.05, 4.69) is 0 Å². The van der Waals surface area contributed by atoms with Gasteiger partial charge in [0.1, 0.15) is 10.1 Å². The number of carbonyl (C=O) groups excluding carboxylic acids is 2. The average Bonchev–Trinajstić information content (AvgIpc) is 3.02. The summed E-state index contributed by atoms with van der Waals surface area (Å²) in [5, 5.41) is 2.13. The molecule has 3 rings (SSSR count). The number of thioether (sulfide) groups is 1. The number of thiocarbonyl (C=S) groups is 1. The number of benzene rings is 2. The zero-order valence-corrected chi connectivity index (χ0v) is 19.5. The normalized spacial score (nSPS) is 15.2. The van der Waals surface area contributed by atoms with Crippen LogP contribution in [0.15, 0.2) is 41.3 Å². The fourth-order valence-corrected chi connectivity index (χ4v) is 4.77. The summed E-state index contributed by atoms with van der Waals surface area (Å²) >= 11 is 6.79. The van der Waals surface area contributed by atoms with Crippen LogP contribution in [0.4, 0.5) is 0 Å². The van der Waals surface area contributed by atoms with Crippen molar-refractivity contribution in [2.24, 2.45) is 0 Å². The summed E-state index contributed by atoms with van der Waals surface area (Å²) < 4.78 is 11.3. The minimum absolute atomic E-state index is 0.0734. The smallest absolute Gasteiger partial charge is 0.305 e. The minimum atomic E-state index is -0.170. The molecule has 0 atom stereocenters. The quantitative estimate of drug-likeness (QED) is 0.201. The van der Waals surface area contributed by atoms with Crippen molar-refractivity contribution in [2.45, 2.75) is 39.5 Å². The second-order valence-corrected chi connectivity index (χ2v) is 8.76. The van der Waals surface area contributed by atoms with Gasteiger partial charge in [-0.2, -0.15) is 0 Å². The number of rotatable bonds is 10. The van der Waals surface area contributed by atoms with E-state index in [9.17, 15) is 9.59 Å². The summed E-state index contributed by atoms with van der Waals surface area (Å²) in [5.41, 5.74) is 0.898. The van der Waals surface area contributed by atoms with Crippen molar-refractivity contribution in [3.63, 3.8) is 0 Å². The Morgan fingerprint density at radius 3 is 2.68 bits per heavy atom. The van der Waals surface area contributed by atoms with Gasteiger partial charge < -0.3 is 9.47 Å². The summed E-state index contributed by atoms with van der Waals surface area (Å²) in [6.45, 7) is 5.25. The van der Waals surface area contributed by atoms with Gasteiger partial charge in [-0.05, 0) is 49.6 Å². The van der Waals surface area contributed by atoms with E-state index in [-0.39, 0.29) is 11.9 Å². The molecule has 0 bridgehead atoms. The van der Waals surface area contributed by atoms with E-state index < -0.39 is 0 Å². The van der Waals surface area contributed by atoms with Crippen LogP contribution >= 0.6 is 24.0 Å². The summed E-state index contributed by atoms with van der Waals surface area (Å²) in [6, 6.07) is 12.0. The third kappa shape index (κ3) is 5.86. The van der Waals surface area contributed by atoms with E-state index in [1.54, 1.807) is 11.8 Å². The van der Waals surface area contributed by atoms with Gasteiger partial charge in [0.25, 0.3) is 5.91 Å². The molecule has 5 nitrogen and oxygen atoms in total. The third-order valence-electron chi connectivity index (χ3n) is 4.95. The summed E-state index contributed by atoms with van der Waals surface area (Å²) in [5.74, 6) is 0.512. The van der Waals surface area contributed by atoms with Crippen LogP contribution in [0.3, 0.4) is 0 Å². The molecule has 1 saturated heterocycles. The van der Waals surface area contributed by atoms with Crippen LogP contribution in [0, 0.1) is 0 Å². The Morgan fingerprint density at radius 1 is 1.10 bits per heavy atom. The average molecular weight is 458 g/mol. The number of carbonyl (C=O) groups is 2. The van der Waals surface area contributed by atoms with Gasteiger partial charge in [-0.15, -0.1) is 0 Å². The van der Waals surface area contributed by atoms with Gasteiger partial charge in [0.05, 0.1) is 18.1 Å². The van der Waals surface area contributed by atoms with Gasteiger partial charge in [0.15, 0.2) is 0 Å². The molecule has 1 amide bonds. The summed E-state index contributed by atoms with van der Waals surface area (Å²) in [6.07, 6.45) is 4.68. The molecule has 7 heteroatoms. The molecule has 0 radical (unpaired) electrons. The van der Waals surface area contributed by atoms with Crippen molar-refractivity contribution in [1.82, 2.24) is 4.90 Å². The van der Waals surface area contributed by atoms with Gasteiger partial charge in [0, 0.05) is 18.5 Å². The number of fused-ring (bicyclic) bond motifs is 1. The predicted octanol–water partition coefficient (Wildman–Crippen LogP) is 5.56. The topological polar surface area (TPSA) is 55.8 Å². The van der Waals surface area contributed by atoms with Crippen LogP contribution in [0.5, 0.6) is 5.75 Å². The van der Waals surface area contributed by atoms with Gasteiger partial charge in [0.2, 0.25) is 0 Å². The number of unbranched alkanes of at least 4 members (excludes halogenated alkanes) is 2. The van der Waals surface area contributed by atoms with Gasteiger partial charge in [-0.3, -0.25) is 14.5 Å². The highest BCUT2D eigenvalue weighted by Crippen LogP contribution is 2.37. The fourth-order valence-electron chi connectivity index (χ4n) is 3.48. The standard InChI is InChI=1S/C24H27NO4S2/c1-3-28-20-14-13-17-10-7-8-11-18(17)19(20)16-21-23(27)25(24(30)31-21)15-9-5-6-12-22(26)29-4-2/h7-8,10-11,13-14,16H,3-6,9,12,15H2,1-2H3/b21-16+. The van der Waals surface area contributed by atoms with Gasteiger partial charge >= 0.3 is 5.97 Å². The highest BCUT2D eigenvalue weighted by atomic mass is 32.2.